The molecule has 0 saturated heterocycles. The average Bonchev–Trinajstić information content (AvgIpc) is 3.71. The summed E-state index contributed by atoms with van der Waals surface area (Å²) in [4.78, 5) is 14.9. The van der Waals surface area contributed by atoms with Crippen molar-refractivity contribution in [2.75, 3.05) is 14.2 Å². The van der Waals surface area contributed by atoms with Gasteiger partial charge >= 0.3 is 0 Å². The van der Waals surface area contributed by atoms with Crippen LogP contribution in [-0.4, -0.2) is 44.8 Å². The number of hydrogen-bond donors (Lipinski definition) is 0. The summed E-state index contributed by atoms with van der Waals surface area (Å²) in [5.74, 6) is 0.366. The molecule has 0 bridgehead atoms. The van der Waals surface area contributed by atoms with Gasteiger partial charge in [0.05, 0.1) is 35.4 Å². The average molecular weight is 681 g/mol. The zero-order valence-corrected chi connectivity index (χ0v) is 28.2. The molecule has 0 amide bonds. The molecule has 48 heavy (non-hydrogen) atoms. The summed E-state index contributed by atoms with van der Waals surface area (Å²) in [6, 6.07) is 29.1. The summed E-state index contributed by atoms with van der Waals surface area (Å²) in [6.07, 6.45) is 3.02. The second-order valence-corrected chi connectivity index (χ2v) is 14.8. The fraction of sp³-hybridized carbons (Fsp3) is 0.108. The molecule has 0 aliphatic heterocycles. The molecule has 244 valence electrons. The minimum atomic E-state index is -4.05. The number of carbonyl (C=O) groups excluding carboxylic acids is 1. The van der Waals surface area contributed by atoms with Crippen molar-refractivity contribution >= 4 is 25.8 Å². The van der Waals surface area contributed by atoms with Crippen LogP contribution in [0.1, 0.15) is 27.0 Å². The molecule has 2 heterocycles. The third kappa shape index (κ3) is 5.82. The van der Waals surface area contributed by atoms with Gasteiger partial charge in [-0.25, -0.2) is 24.8 Å². The highest BCUT2D eigenvalue weighted by Crippen LogP contribution is 2.37. The van der Waals surface area contributed by atoms with Crippen molar-refractivity contribution in [1.82, 2.24) is 7.94 Å². The van der Waals surface area contributed by atoms with Crippen LogP contribution >= 0.6 is 0 Å². The fourth-order valence-electron chi connectivity index (χ4n) is 5.61. The van der Waals surface area contributed by atoms with E-state index >= 15 is 0 Å². The number of ether oxygens (including phenoxy) is 2. The Bertz CT molecular complexity index is 2210. The first-order chi connectivity index (χ1) is 22.9. The smallest absolute Gasteiger partial charge is 0.268 e. The highest BCUT2D eigenvalue weighted by Gasteiger charge is 2.28. The largest absolute Gasteiger partial charge is 0.497 e. The van der Waals surface area contributed by atoms with E-state index in [2.05, 4.69) is 0 Å². The van der Waals surface area contributed by atoms with E-state index in [1.807, 2.05) is 0 Å². The van der Waals surface area contributed by atoms with Crippen LogP contribution in [0.4, 0.5) is 0 Å². The van der Waals surface area contributed by atoms with Gasteiger partial charge in [0.15, 0.2) is 5.78 Å². The standard InChI is InChI=1S/C37H32N2O7S2/c1-25-19-35(38(23-25)47(41,42)29-11-7-5-8-12-29)33-21-27(45-3)15-17-31(33)37(40)32-18-16-28(46-4)22-34(32)36-20-26(2)24-39(36)48(43,44)30-13-9-6-10-14-30/h5-24H,1-4H3. The van der Waals surface area contributed by atoms with Crippen LogP contribution in [0.15, 0.2) is 131 Å². The molecule has 0 saturated carbocycles. The van der Waals surface area contributed by atoms with Crippen LogP contribution in [0, 0.1) is 13.8 Å². The van der Waals surface area contributed by atoms with Crippen LogP contribution in [0.3, 0.4) is 0 Å². The van der Waals surface area contributed by atoms with Crippen molar-refractivity contribution in [1.29, 1.82) is 0 Å². The molecule has 0 aliphatic rings. The molecule has 0 spiro atoms. The lowest BCUT2D eigenvalue weighted by Gasteiger charge is -2.17. The number of rotatable bonds is 10. The highest BCUT2D eigenvalue weighted by atomic mass is 32.2. The SMILES string of the molecule is COc1ccc(C(=O)c2ccc(OC)cc2-c2cc(C)cn2S(=O)(=O)c2ccccc2)c(-c2cc(C)cn2S(=O)(=O)c2ccccc2)c1. The number of benzene rings is 4. The molecule has 0 atom stereocenters. The van der Waals surface area contributed by atoms with Crippen molar-refractivity contribution in [3.05, 3.63) is 144 Å². The number of hydrogen-bond acceptors (Lipinski definition) is 7. The number of ketones is 1. The van der Waals surface area contributed by atoms with Crippen LogP contribution in [0.5, 0.6) is 11.5 Å². The van der Waals surface area contributed by atoms with Crippen molar-refractivity contribution in [3.63, 3.8) is 0 Å². The first kappa shape index (κ1) is 32.5. The molecule has 2 aromatic heterocycles. The van der Waals surface area contributed by atoms with Gasteiger partial charge in [-0.2, -0.15) is 0 Å². The molecule has 0 unspecified atom stereocenters. The Kier molecular flexibility index (Phi) is 8.59. The van der Waals surface area contributed by atoms with Crippen LogP contribution in [0.25, 0.3) is 22.5 Å². The predicted molar refractivity (Wildman–Crippen MR) is 184 cm³/mol. The Labute approximate surface area is 279 Å². The molecular weight excluding hydrogens is 649 g/mol. The molecule has 0 radical (unpaired) electrons. The number of aryl methyl sites for hydroxylation is 2. The lowest BCUT2D eigenvalue weighted by Crippen LogP contribution is -2.15. The summed E-state index contributed by atoms with van der Waals surface area (Å²) in [6.45, 7) is 3.54. The zero-order valence-electron chi connectivity index (χ0n) is 26.6. The van der Waals surface area contributed by atoms with Crippen LogP contribution in [-0.2, 0) is 20.0 Å². The predicted octanol–water partition coefficient (Wildman–Crippen LogP) is 6.96. The Morgan fingerprint density at radius 2 is 0.917 bits per heavy atom. The fourth-order valence-corrected chi connectivity index (χ4v) is 8.50. The van der Waals surface area contributed by atoms with Crippen molar-refractivity contribution in [2.45, 2.75) is 23.6 Å². The summed E-state index contributed by atoms with van der Waals surface area (Å²) in [5, 5.41) is 0. The topological polar surface area (TPSA) is 114 Å². The van der Waals surface area contributed by atoms with Gasteiger partial charge in [-0.1, -0.05) is 36.4 Å². The normalized spacial score (nSPS) is 11.8. The third-order valence-electron chi connectivity index (χ3n) is 7.94. The molecular formula is C37H32N2O7S2. The van der Waals surface area contributed by atoms with E-state index in [-0.39, 0.29) is 32.3 Å². The summed E-state index contributed by atoms with van der Waals surface area (Å²) < 4.78 is 68.9. The maximum absolute atomic E-state index is 14.7. The molecule has 0 N–H and O–H groups in total. The van der Waals surface area contributed by atoms with Gasteiger partial charge in [0, 0.05) is 34.6 Å². The van der Waals surface area contributed by atoms with Gasteiger partial charge < -0.3 is 9.47 Å². The number of carbonyl (C=O) groups is 1. The van der Waals surface area contributed by atoms with Gasteiger partial charge in [-0.05, 0) is 97.8 Å². The summed E-state index contributed by atoms with van der Waals surface area (Å²) in [5.41, 5.74) is 2.86. The van der Waals surface area contributed by atoms with E-state index in [1.54, 1.807) is 98.8 Å². The lowest BCUT2D eigenvalue weighted by molar-refractivity contribution is 0.103. The third-order valence-corrected chi connectivity index (χ3v) is 11.3. The van der Waals surface area contributed by atoms with E-state index in [1.165, 1.54) is 58.8 Å². The van der Waals surface area contributed by atoms with Gasteiger partial charge in [0.25, 0.3) is 20.0 Å². The van der Waals surface area contributed by atoms with E-state index < -0.39 is 25.8 Å². The number of aromatic nitrogens is 2. The lowest BCUT2D eigenvalue weighted by atomic mass is 9.92. The minimum Gasteiger partial charge on any atom is -0.497 e. The minimum absolute atomic E-state index is 0.0887. The van der Waals surface area contributed by atoms with Gasteiger partial charge in [0.1, 0.15) is 11.5 Å². The van der Waals surface area contributed by atoms with E-state index in [0.717, 1.165) is 0 Å². The summed E-state index contributed by atoms with van der Waals surface area (Å²) >= 11 is 0. The second kappa shape index (κ2) is 12.7. The van der Waals surface area contributed by atoms with Gasteiger partial charge in [-0.3, -0.25) is 4.79 Å². The van der Waals surface area contributed by atoms with E-state index in [0.29, 0.717) is 33.8 Å². The summed E-state index contributed by atoms with van der Waals surface area (Å²) in [7, 11) is -5.14. The Hall–Kier alpha value is -5.39. The quantitative estimate of drug-likeness (QED) is 0.144. The zero-order chi connectivity index (χ0) is 34.2. The van der Waals surface area contributed by atoms with E-state index in [4.69, 9.17) is 9.47 Å². The maximum atomic E-state index is 14.7. The monoisotopic (exact) mass is 680 g/mol. The molecule has 6 aromatic rings. The Balaban J connectivity index is 1.57. The van der Waals surface area contributed by atoms with Gasteiger partial charge in [0.2, 0.25) is 0 Å². The highest BCUT2D eigenvalue weighted by molar-refractivity contribution is 7.90. The van der Waals surface area contributed by atoms with E-state index in [9.17, 15) is 21.6 Å². The molecule has 9 nitrogen and oxygen atoms in total. The van der Waals surface area contributed by atoms with Gasteiger partial charge in [-0.15, -0.1) is 0 Å². The molecule has 4 aromatic carbocycles. The number of nitrogens with zero attached hydrogens (tertiary/aromatic N) is 2. The molecule has 0 aliphatic carbocycles. The molecule has 0 fully saturated rings. The maximum Gasteiger partial charge on any atom is 0.268 e. The molecule has 11 heteroatoms. The second-order valence-electron chi connectivity index (χ2n) is 11.2. The van der Waals surface area contributed by atoms with Crippen LogP contribution < -0.4 is 9.47 Å². The first-order valence-corrected chi connectivity index (χ1v) is 17.7. The first-order valence-electron chi connectivity index (χ1n) is 14.9. The number of methoxy groups -OCH3 is 2. The van der Waals surface area contributed by atoms with Crippen molar-refractivity contribution < 1.29 is 31.1 Å². The Morgan fingerprint density at radius 3 is 1.27 bits per heavy atom. The van der Waals surface area contributed by atoms with Crippen molar-refractivity contribution in [2.24, 2.45) is 0 Å². The van der Waals surface area contributed by atoms with Crippen LogP contribution in [0.2, 0.25) is 0 Å². The molecule has 6 rings (SSSR count). The van der Waals surface area contributed by atoms with Crippen molar-refractivity contribution in [3.8, 4) is 34.0 Å². The Morgan fingerprint density at radius 1 is 0.542 bits per heavy atom.